The molecule has 0 spiro atoms. The number of nitriles is 2. The van der Waals surface area contributed by atoms with Crippen LogP contribution in [0.25, 0.3) is 6.08 Å². The first-order chi connectivity index (χ1) is 8.71. The average Bonchev–Trinajstić information content (AvgIpc) is 2.42. The van der Waals surface area contributed by atoms with Gasteiger partial charge in [0.25, 0.3) is 0 Å². The van der Waals surface area contributed by atoms with Crippen molar-refractivity contribution >= 4 is 12.0 Å². The number of nitrogens with zero attached hydrogens (tertiary/aromatic N) is 2. The third-order valence-electron chi connectivity index (χ3n) is 2.13. The maximum atomic E-state index is 11.5. The lowest BCUT2D eigenvalue weighted by Gasteiger charge is -2.01. The zero-order valence-electron chi connectivity index (χ0n) is 10.0. The van der Waals surface area contributed by atoms with E-state index in [2.05, 4.69) is 0 Å². The molecular weight excluding hydrogens is 228 g/mol. The molecule has 0 unspecified atom stereocenters. The smallest absolute Gasteiger partial charge is 0.348 e. The van der Waals surface area contributed by atoms with Crippen molar-refractivity contribution in [3.63, 3.8) is 0 Å². The third kappa shape index (κ3) is 3.77. The molecule has 0 bridgehead atoms. The Bertz CT molecular complexity index is 530. The predicted octanol–water partition coefficient (Wildman–Crippen LogP) is 2.42. The number of hydrogen-bond acceptors (Lipinski definition) is 4. The minimum absolute atomic E-state index is 0.0480. The maximum Gasteiger partial charge on any atom is 0.348 e. The van der Waals surface area contributed by atoms with Gasteiger partial charge in [0.15, 0.2) is 0 Å². The number of ether oxygens (including phenoxy) is 1. The normalized spacial score (nSPS) is 10.3. The van der Waals surface area contributed by atoms with Crippen LogP contribution in [0.15, 0.2) is 29.8 Å². The van der Waals surface area contributed by atoms with Gasteiger partial charge < -0.3 is 4.74 Å². The molecule has 0 aromatic heterocycles. The SMILES string of the molecule is CCCOC(=O)/C(C#N)=C/c1ccc(C#N)cc1. The largest absolute Gasteiger partial charge is 0.462 e. The van der Waals surface area contributed by atoms with Crippen molar-refractivity contribution in [3.05, 3.63) is 41.0 Å². The number of carbonyl (C=O) groups is 1. The molecule has 0 fully saturated rings. The summed E-state index contributed by atoms with van der Waals surface area (Å²) in [5, 5.41) is 17.5. The van der Waals surface area contributed by atoms with Crippen LogP contribution >= 0.6 is 0 Å². The Balaban J connectivity index is 2.87. The Hall–Kier alpha value is -2.59. The fourth-order valence-corrected chi connectivity index (χ4v) is 1.23. The molecular formula is C14H12N2O2. The molecule has 0 N–H and O–H groups in total. The lowest BCUT2D eigenvalue weighted by Crippen LogP contribution is -2.07. The molecule has 18 heavy (non-hydrogen) atoms. The van der Waals surface area contributed by atoms with Crippen LogP contribution in [0, 0.1) is 22.7 Å². The first-order valence-corrected chi connectivity index (χ1v) is 5.50. The fraction of sp³-hybridized carbons (Fsp3) is 0.214. The van der Waals surface area contributed by atoms with E-state index in [1.54, 1.807) is 24.3 Å². The average molecular weight is 240 g/mol. The van der Waals surface area contributed by atoms with E-state index in [-0.39, 0.29) is 5.57 Å². The zero-order valence-corrected chi connectivity index (χ0v) is 10.0. The summed E-state index contributed by atoms with van der Waals surface area (Å²) < 4.78 is 4.88. The van der Waals surface area contributed by atoms with E-state index in [0.717, 1.165) is 0 Å². The summed E-state index contributed by atoms with van der Waals surface area (Å²) in [7, 11) is 0. The minimum Gasteiger partial charge on any atom is -0.462 e. The van der Waals surface area contributed by atoms with Gasteiger partial charge in [0.05, 0.1) is 18.2 Å². The monoisotopic (exact) mass is 240 g/mol. The fourth-order valence-electron chi connectivity index (χ4n) is 1.23. The molecule has 0 saturated heterocycles. The van der Waals surface area contributed by atoms with Gasteiger partial charge in [0.1, 0.15) is 11.6 Å². The summed E-state index contributed by atoms with van der Waals surface area (Å²) >= 11 is 0. The molecule has 0 aliphatic heterocycles. The molecule has 4 heteroatoms. The quantitative estimate of drug-likeness (QED) is 0.460. The molecule has 0 aliphatic rings. The van der Waals surface area contributed by atoms with E-state index in [1.165, 1.54) is 6.08 Å². The molecule has 0 saturated carbocycles. The summed E-state index contributed by atoms with van der Waals surface area (Å²) in [6.07, 6.45) is 2.15. The van der Waals surface area contributed by atoms with Gasteiger partial charge in [-0.1, -0.05) is 19.1 Å². The second-order valence-corrected chi connectivity index (χ2v) is 3.54. The number of carbonyl (C=O) groups excluding carboxylic acids is 1. The Kier molecular flexibility index (Phi) is 5.15. The summed E-state index contributed by atoms with van der Waals surface area (Å²) in [5.41, 5.74) is 1.16. The molecule has 1 aromatic rings. The summed E-state index contributed by atoms with van der Waals surface area (Å²) in [6.45, 7) is 2.18. The van der Waals surface area contributed by atoms with Gasteiger partial charge in [0, 0.05) is 0 Å². The van der Waals surface area contributed by atoms with Crippen molar-refractivity contribution in [1.82, 2.24) is 0 Å². The molecule has 0 aliphatic carbocycles. The Morgan fingerprint density at radius 1 is 1.33 bits per heavy atom. The van der Waals surface area contributed by atoms with Crippen LogP contribution in [0.3, 0.4) is 0 Å². The molecule has 0 atom stereocenters. The molecule has 90 valence electrons. The van der Waals surface area contributed by atoms with Crippen molar-refractivity contribution in [1.29, 1.82) is 10.5 Å². The summed E-state index contributed by atoms with van der Waals surface area (Å²) in [6, 6.07) is 10.4. The first kappa shape index (κ1) is 13.5. The topological polar surface area (TPSA) is 73.9 Å². The molecule has 0 amide bonds. The van der Waals surface area contributed by atoms with E-state index in [0.29, 0.717) is 24.2 Å². The second kappa shape index (κ2) is 6.88. The number of esters is 1. The molecule has 0 radical (unpaired) electrons. The lowest BCUT2D eigenvalue weighted by molar-refractivity contribution is -0.138. The van der Waals surface area contributed by atoms with Crippen LogP contribution in [0.4, 0.5) is 0 Å². The van der Waals surface area contributed by atoms with Crippen LogP contribution in [0.1, 0.15) is 24.5 Å². The standard InChI is InChI=1S/C14H12N2O2/c1-2-7-18-14(17)13(10-16)8-11-3-5-12(9-15)6-4-11/h3-6,8H,2,7H2,1H3/b13-8+. The summed E-state index contributed by atoms with van der Waals surface area (Å²) in [5.74, 6) is -0.622. The zero-order chi connectivity index (χ0) is 13.4. The van der Waals surface area contributed by atoms with Crippen molar-refractivity contribution in [3.8, 4) is 12.1 Å². The van der Waals surface area contributed by atoms with Crippen molar-refractivity contribution in [2.24, 2.45) is 0 Å². The van der Waals surface area contributed by atoms with E-state index < -0.39 is 5.97 Å². The van der Waals surface area contributed by atoms with Gasteiger partial charge in [-0.15, -0.1) is 0 Å². The highest BCUT2D eigenvalue weighted by atomic mass is 16.5. The highest BCUT2D eigenvalue weighted by Gasteiger charge is 2.09. The van der Waals surface area contributed by atoms with Crippen molar-refractivity contribution in [2.75, 3.05) is 6.61 Å². The summed E-state index contributed by atoms with van der Waals surface area (Å²) in [4.78, 5) is 11.5. The van der Waals surface area contributed by atoms with E-state index in [9.17, 15) is 4.79 Å². The van der Waals surface area contributed by atoms with Gasteiger partial charge in [-0.05, 0) is 30.2 Å². The van der Waals surface area contributed by atoms with E-state index in [4.69, 9.17) is 15.3 Å². The third-order valence-corrected chi connectivity index (χ3v) is 2.13. The first-order valence-electron chi connectivity index (χ1n) is 5.50. The molecule has 1 rings (SSSR count). The predicted molar refractivity (Wildman–Crippen MR) is 66.0 cm³/mol. The van der Waals surface area contributed by atoms with Crippen LogP contribution in [0.2, 0.25) is 0 Å². The van der Waals surface area contributed by atoms with Crippen molar-refractivity contribution in [2.45, 2.75) is 13.3 Å². The lowest BCUT2D eigenvalue weighted by atomic mass is 10.1. The highest BCUT2D eigenvalue weighted by molar-refractivity contribution is 5.97. The van der Waals surface area contributed by atoms with E-state index >= 15 is 0 Å². The van der Waals surface area contributed by atoms with Gasteiger partial charge in [0.2, 0.25) is 0 Å². The number of benzene rings is 1. The molecule has 4 nitrogen and oxygen atoms in total. The van der Waals surface area contributed by atoms with Gasteiger partial charge in [-0.3, -0.25) is 0 Å². The van der Waals surface area contributed by atoms with Crippen LogP contribution < -0.4 is 0 Å². The van der Waals surface area contributed by atoms with Gasteiger partial charge in [-0.2, -0.15) is 10.5 Å². The maximum absolute atomic E-state index is 11.5. The van der Waals surface area contributed by atoms with Gasteiger partial charge >= 0.3 is 5.97 Å². The molecule has 1 aromatic carbocycles. The van der Waals surface area contributed by atoms with Crippen LogP contribution in [0.5, 0.6) is 0 Å². The van der Waals surface area contributed by atoms with Crippen LogP contribution in [-0.2, 0) is 9.53 Å². The Labute approximate surface area is 106 Å². The number of hydrogen-bond donors (Lipinski definition) is 0. The molecule has 0 heterocycles. The van der Waals surface area contributed by atoms with Crippen LogP contribution in [-0.4, -0.2) is 12.6 Å². The number of rotatable bonds is 4. The van der Waals surface area contributed by atoms with Crippen molar-refractivity contribution < 1.29 is 9.53 Å². The second-order valence-electron chi connectivity index (χ2n) is 3.54. The van der Waals surface area contributed by atoms with Gasteiger partial charge in [-0.25, -0.2) is 4.79 Å². The Morgan fingerprint density at radius 2 is 2.00 bits per heavy atom. The Morgan fingerprint density at radius 3 is 2.50 bits per heavy atom. The van der Waals surface area contributed by atoms with E-state index in [1.807, 2.05) is 19.1 Å². The highest BCUT2D eigenvalue weighted by Crippen LogP contribution is 2.09. The minimum atomic E-state index is -0.622.